The Morgan fingerprint density at radius 3 is 2.68 bits per heavy atom. The Morgan fingerprint density at radius 1 is 1.32 bits per heavy atom. The van der Waals surface area contributed by atoms with E-state index < -0.39 is 0 Å². The molecule has 2 bridgehead atoms. The van der Waals surface area contributed by atoms with Gasteiger partial charge >= 0.3 is 0 Å². The maximum Gasteiger partial charge on any atom is 0.0811 e. The van der Waals surface area contributed by atoms with Gasteiger partial charge in [-0.1, -0.05) is 26.8 Å². The number of aryl methyl sites for hydroxylation is 1. The van der Waals surface area contributed by atoms with Crippen molar-refractivity contribution in [1.82, 2.24) is 4.98 Å². The zero-order chi connectivity index (χ0) is 13.7. The number of pyridine rings is 1. The van der Waals surface area contributed by atoms with Crippen molar-refractivity contribution < 1.29 is 0 Å². The van der Waals surface area contributed by atoms with E-state index >= 15 is 0 Å². The van der Waals surface area contributed by atoms with E-state index in [1.807, 2.05) is 25.3 Å². The Labute approximate surface area is 116 Å². The van der Waals surface area contributed by atoms with Crippen LogP contribution in [0.3, 0.4) is 0 Å². The molecule has 102 valence electrons. The molecule has 2 fully saturated rings. The van der Waals surface area contributed by atoms with Crippen molar-refractivity contribution in [2.45, 2.75) is 53.0 Å². The van der Waals surface area contributed by atoms with Crippen LogP contribution >= 0.6 is 0 Å². The fourth-order valence-corrected chi connectivity index (χ4v) is 4.19. The van der Waals surface area contributed by atoms with E-state index in [1.54, 1.807) is 0 Å². The summed E-state index contributed by atoms with van der Waals surface area (Å²) in [7, 11) is 0. The zero-order valence-corrected chi connectivity index (χ0v) is 12.5. The lowest BCUT2D eigenvalue weighted by atomic mass is 9.69. The van der Waals surface area contributed by atoms with E-state index in [0.29, 0.717) is 16.9 Å². The third kappa shape index (κ3) is 1.84. The highest BCUT2D eigenvalue weighted by Gasteiger charge is 2.61. The molecule has 2 aliphatic carbocycles. The minimum absolute atomic E-state index is 0.373. The summed E-state index contributed by atoms with van der Waals surface area (Å²) >= 11 is 0. The number of nitrogens with zero attached hydrogens (tertiary/aromatic N) is 2. The van der Waals surface area contributed by atoms with Gasteiger partial charge < -0.3 is 0 Å². The summed E-state index contributed by atoms with van der Waals surface area (Å²) in [6, 6.07) is 6.59. The highest BCUT2D eigenvalue weighted by molar-refractivity contribution is 5.77. The fraction of sp³-hybridized carbons (Fsp3) is 0.647. The second-order valence-electron chi connectivity index (χ2n) is 7.11. The fourth-order valence-electron chi connectivity index (χ4n) is 4.19. The van der Waals surface area contributed by atoms with E-state index in [-0.39, 0.29) is 0 Å². The molecule has 0 unspecified atom stereocenters. The number of hydrogen-bond donors (Lipinski definition) is 0. The summed E-state index contributed by atoms with van der Waals surface area (Å²) in [5.41, 5.74) is 2.86. The van der Waals surface area contributed by atoms with Crippen molar-refractivity contribution in [2.75, 3.05) is 0 Å². The normalized spacial score (nSPS) is 36.2. The minimum Gasteiger partial charge on any atom is -0.287 e. The summed E-state index contributed by atoms with van der Waals surface area (Å²) in [4.78, 5) is 9.40. The highest BCUT2D eigenvalue weighted by Crippen LogP contribution is 2.66. The van der Waals surface area contributed by atoms with Crippen LogP contribution in [0.1, 0.15) is 51.4 Å². The maximum absolute atomic E-state index is 4.90. The lowest BCUT2D eigenvalue weighted by molar-refractivity contribution is 0.137. The molecule has 0 saturated heterocycles. The quantitative estimate of drug-likeness (QED) is 0.734. The third-order valence-electron chi connectivity index (χ3n) is 6.04. The van der Waals surface area contributed by atoms with Crippen molar-refractivity contribution in [3.05, 3.63) is 29.6 Å². The summed E-state index contributed by atoms with van der Waals surface area (Å²) in [6.45, 7) is 9.33. The van der Waals surface area contributed by atoms with Crippen molar-refractivity contribution in [3.8, 4) is 0 Å². The average Bonchev–Trinajstić information content (AvgIpc) is 2.69. The molecular formula is C17H24N2. The van der Waals surface area contributed by atoms with Crippen molar-refractivity contribution >= 4 is 6.21 Å². The van der Waals surface area contributed by atoms with E-state index in [1.165, 1.54) is 19.3 Å². The summed E-state index contributed by atoms with van der Waals surface area (Å²) < 4.78 is 0. The minimum atomic E-state index is 0.373. The number of aromatic nitrogens is 1. The molecule has 2 nitrogen and oxygen atoms in total. The smallest absolute Gasteiger partial charge is 0.0811 e. The van der Waals surface area contributed by atoms with Gasteiger partial charge in [0.2, 0.25) is 0 Å². The Bertz CT molecular complexity index is 518. The van der Waals surface area contributed by atoms with Gasteiger partial charge in [0.05, 0.1) is 11.7 Å². The molecule has 0 aromatic carbocycles. The number of rotatable bonds is 2. The van der Waals surface area contributed by atoms with Gasteiger partial charge in [-0.3, -0.25) is 9.98 Å². The molecular weight excluding hydrogens is 232 g/mol. The van der Waals surface area contributed by atoms with Crippen LogP contribution in [0.5, 0.6) is 0 Å². The zero-order valence-electron chi connectivity index (χ0n) is 12.5. The van der Waals surface area contributed by atoms with E-state index in [4.69, 9.17) is 4.99 Å². The number of aliphatic imine (C=N–C) groups is 1. The Balaban J connectivity index is 1.82. The van der Waals surface area contributed by atoms with E-state index in [2.05, 4.69) is 31.8 Å². The first-order valence-electron chi connectivity index (χ1n) is 7.40. The molecule has 19 heavy (non-hydrogen) atoms. The van der Waals surface area contributed by atoms with Crippen LogP contribution in [0, 0.1) is 23.7 Å². The molecule has 2 saturated carbocycles. The van der Waals surface area contributed by atoms with Crippen LogP contribution in [0.25, 0.3) is 0 Å². The van der Waals surface area contributed by atoms with Gasteiger partial charge in [0.15, 0.2) is 0 Å². The lowest BCUT2D eigenvalue weighted by Crippen LogP contribution is -2.34. The molecule has 1 aromatic rings. The van der Waals surface area contributed by atoms with Gasteiger partial charge in [-0.05, 0) is 55.1 Å². The lowest BCUT2D eigenvalue weighted by Gasteiger charge is -2.37. The molecule has 1 heterocycles. The second kappa shape index (κ2) is 4.16. The van der Waals surface area contributed by atoms with Crippen molar-refractivity contribution in [1.29, 1.82) is 0 Å². The second-order valence-corrected chi connectivity index (χ2v) is 7.11. The van der Waals surface area contributed by atoms with Crippen LogP contribution in [-0.2, 0) is 0 Å². The van der Waals surface area contributed by atoms with Gasteiger partial charge in [-0.2, -0.15) is 0 Å². The van der Waals surface area contributed by atoms with E-state index in [9.17, 15) is 0 Å². The van der Waals surface area contributed by atoms with Crippen LogP contribution < -0.4 is 0 Å². The summed E-state index contributed by atoms with van der Waals surface area (Å²) in [6.07, 6.45) is 5.96. The largest absolute Gasteiger partial charge is 0.287 e. The van der Waals surface area contributed by atoms with Gasteiger partial charge in [-0.15, -0.1) is 0 Å². The molecule has 2 heteroatoms. The van der Waals surface area contributed by atoms with Gasteiger partial charge in [0.25, 0.3) is 0 Å². The molecule has 0 aliphatic heterocycles. The average molecular weight is 256 g/mol. The molecule has 3 atom stereocenters. The first-order chi connectivity index (χ1) is 8.93. The first kappa shape index (κ1) is 12.8. The van der Waals surface area contributed by atoms with Crippen LogP contribution in [0.4, 0.5) is 0 Å². The standard InChI is InChI=1S/C17H24N2/c1-12-6-5-7-14(19-12)11-18-15-10-13-8-9-17(15,4)16(13,2)3/h5-7,11,13,15H,8-10H2,1-4H3/t13-,15+,17+/m1/s1. The maximum atomic E-state index is 4.90. The number of hydrogen-bond acceptors (Lipinski definition) is 2. The van der Waals surface area contributed by atoms with Crippen molar-refractivity contribution in [3.63, 3.8) is 0 Å². The van der Waals surface area contributed by atoms with Crippen molar-refractivity contribution in [2.24, 2.45) is 21.7 Å². The summed E-state index contributed by atoms with van der Waals surface area (Å²) in [5, 5.41) is 0. The molecule has 1 aromatic heterocycles. The van der Waals surface area contributed by atoms with Crippen LogP contribution in [0.2, 0.25) is 0 Å². The Hall–Kier alpha value is -1.18. The van der Waals surface area contributed by atoms with Gasteiger partial charge in [0.1, 0.15) is 0 Å². The predicted molar refractivity (Wildman–Crippen MR) is 79.6 cm³/mol. The number of fused-ring (bicyclic) bond motifs is 2. The van der Waals surface area contributed by atoms with Gasteiger partial charge in [0, 0.05) is 11.9 Å². The summed E-state index contributed by atoms with van der Waals surface area (Å²) in [5.74, 6) is 0.852. The van der Waals surface area contributed by atoms with Gasteiger partial charge in [-0.25, -0.2) is 0 Å². The molecule has 0 radical (unpaired) electrons. The molecule has 2 aliphatic rings. The highest BCUT2D eigenvalue weighted by atomic mass is 14.9. The Kier molecular flexibility index (Phi) is 2.81. The van der Waals surface area contributed by atoms with Crippen LogP contribution in [-0.4, -0.2) is 17.2 Å². The topological polar surface area (TPSA) is 25.2 Å². The third-order valence-corrected chi connectivity index (χ3v) is 6.04. The first-order valence-corrected chi connectivity index (χ1v) is 7.40. The van der Waals surface area contributed by atoms with E-state index in [0.717, 1.165) is 17.3 Å². The molecule has 0 amide bonds. The molecule has 3 rings (SSSR count). The monoisotopic (exact) mass is 256 g/mol. The Morgan fingerprint density at radius 2 is 2.11 bits per heavy atom. The molecule has 0 spiro atoms. The predicted octanol–water partition coefficient (Wildman–Crippen LogP) is 4.02. The van der Waals surface area contributed by atoms with Crippen LogP contribution in [0.15, 0.2) is 23.2 Å². The SMILES string of the molecule is Cc1cccc(C=N[C@H]2C[C@H]3CC[C@]2(C)C3(C)C)n1. The molecule has 0 N–H and O–H groups in total.